The number of hydrogen-bond donors (Lipinski definition) is 1. The molecule has 0 bridgehead atoms. The van der Waals surface area contributed by atoms with E-state index in [9.17, 15) is 4.39 Å². The first-order valence-electron chi connectivity index (χ1n) is 8.09. The number of benzene rings is 1. The molecule has 1 aliphatic rings. The van der Waals surface area contributed by atoms with Crippen molar-refractivity contribution < 1.29 is 4.39 Å². The van der Waals surface area contributed by atoms with E-state index in [1.807, 2.05) is 40.9 Å². The number of rotatable bonds is 3. The second kappa shape index (κ2) is 5.99. The van der Waals surface area contributed by atoms with Crippen LogP contribution < -0.4 is 5.32 Å². The third-order valence-corrected chi connectivity index (χ3v) is 4.43. The summed E-state index contributed by atoms with van der Waals surface area (Å²) in [5.74, 6) is 0.924. The quantitative estimate of drug-likeness (QED) is 0.792. The first-order valence-corrected chi connectivity index (χ1v) is 8.09. The first kappa shape index (κ1) is 14.2. The number of imidazole rings is 1. The van der Waals surface area contributed by atoms with Crippen molar-refractivity contribution in [2.24, 2.45) is 0 Å². The maximum Gasteiger partial charge on any atom is 0.157 e. The highest BCUT2D eigenvalue weighted by Gasteiger charge is 2.24. The molecule has 1 fully saturated rings. The van der Waals surface area contributed by atoms with Crippen molar-refractivity contribution in [2.45, 2.75) is 37.9 Å². The van der Waals surface area contributed by atoms with Gasteiger partial charge in [-0.25, -0.2) is 9.37 Å². The highest BCUT2D eigenvalue weighted by atomic mass is 19.1. The number of hydrogen-bond acceptors (Lipinski definition) is 3. The lowest BCUT2D eigenvalue weighted by Crippen LogP contribution is -2.28. The summed E-state index contributed by atoms with van der Waals surface area (Å²) in [7, 11) is 0. The second-order valence-electron chi connectivity index (χ2n) is 6.08. The van der Waals surface area contributed by atoms with Crippen molar-refractivity contribution in [3.63, 3.8) is 0 Å². The predicted molar refractivity (Wildman–Crippen MR) is 89.2 cm³/mol. The molecule has 118 valence electrons. The fraction of sp³-hybridized carbons (Fsp3) is 0.333. The van der Waals surface area contributed by atoms with E-state index in [1.54, 1.807) is 12.4 Å². The van der Waals surface area contributed by atoms with Crippen LogP contribution in [0.1, 0.15) is 25.7 Å². The van der Waals surface area contributed by atoms with E-state index >= 15 is 0 Å². The average molecular weight is 310 g/mol. The minimum Gasteiger partial charge on any atom is -0.366 e. The summed E-state index contributed by atoms with van der Waals surface area (Å²) in [6.45, 7) is 0. The van der Waals surface area contributed by atoms with Gasteiger partial charge < -0.3 is 5.32 Å². The lowest BCUT2D eigenvalue weighted by atomic mass is 9.94. The fourth-order valence-corrected chi connectivity index (χ4v) is 3.30. The molecule has 4 rings (SSSR count). The summed E-state index contributed by atoms with van der Waals surface area (Å²) in [5, 5.41) is 3.53. The fourth-order valence-electron chi connectivity index (χ4n) is 3.30. The molecule has 2 heterocycles. The van der Waals surface area contributed by atoms with Gasteiger partial charge in [0.15, 0.2) is 5.65 Å². The zero-order valence-corrected chi connectivity index (χ0v) is 12.8. The molecule has 0 radical (unpaired) electrons. The van der Waals surface area contributed by atoms with Gasteiger partial charge in [-0.05, 0) is 25.7 Å². The first-order chi connectivity index (χ1) is 11.3. The summed E-state index contributed by atoms with van der Waals surface area (Å²) in [6, 6.07) is 10.2. The van der Waals surface area contributed by atoms with Crippen LogP contribution in [0.2, 0.25) is 0 Å². The molecule has 1 aromatic carbocycles. The number of nitrogens with zero attached hydrogens (tertiary/aromatic N) is 3. The Kier molecular flexibility index (Phi) is 3.69. The van der Waals surface area contributed by atoms with Crippen LogP contribution in [0.5, 0.6) is 0 Å². The summed E-state index contributed by atoms with van der Waals surface area (Å²) in [5.41, 5.74) is 2.73. The Hall–Kier alpha value is -2.43. The molecule has 1 aliphatic carbocycles. The highest BCUT2D eigenvalue weighted by molar-refractivity contribution is 5.76. The van der Waals surface area contributed by atoms with Gasteiger partial charge in [-0.15, -0.1) is 0 Å². The van der Waals surface area contributed by atoms with E-state index in [0.29, 0.717) is 12.8 Å². The lowest BCUT2D eigenvalue weighted by molar-refractivity contribution is 0.239. The highest BCUT2D eigenvalue weighted by Crippen LogP contribution is 2.31. The van der Waals surface area contributed by atoms with E-state index < -0.39 is 6.17 Å². The molecule has 3 aromatic rings. The monoisotopic (exact) mass is 310 g/mol. The van der Waals surface area contributed by atoms with Crippen molar-refractivity contribution in [2.75, 3.05) is 5.32 Å². The van der Waals surface area contributed by atoms with Crippen LogP contribution in [-0.2, 0) is 0 Å². The molecule has 0 saturated heterocycles. The van der Waals surface area contributed by atoms with Crippen molar-refractivity contribution in [1.82, 2.24) is 14.4 Å². The molecule has 4 nitrogen and oxygen atoms in total. The van der Waals surface area contributed by atoms with E-state index in [1.165, 1.54) is 0 Å². The summed E-state index contributed by atoms with van der Waals surface area (Å²) in [6.07, 6.45) is 7.84. The van der Waals surface area contributed by atoms with E-state index in [2.05, 4.69) is 10.3 Å². The van der Waals surface area contributed by atoms with Crippen LogP contribution in [0, 0.1) is 0 Å². The van der Waals surface area contributed by atoms with E-state index in [0.717, 1.165) is 35.6 Å². The van der Waals surface area contributed by atoms with Crippen LogP contribution in [0.3, 0.4) is 0 Å². The molecule has 2 aromatic heterocycles. The summed E-state index contributed by atoms with van der Waals surface area (Å²) < 4.78 is 15.7. The van der Waals surface area contributed by atoms with Crippen LogP contribution >= 0.6 is 0 Å². The van der Waals surface area contributed by atoms with Crippen molar-refractivity contribution in [3.05, 3.63) is 48.9 Å². The smallest absolute Gasteiger partial charge is 0.157 e. The van der Waals surface area contributed by atoms with Crippen molar-refractivity contribution in [3.8, 4) is 11.3 Å². The second-order valence-corrected chi connectivity index (χ2v) is 6.08. The summed E-state index contributed by atoms with van der Waals surface area (Å²) >= 11 is 0. The molecule has 0 amide bonds. The molecule has 5 heteroatoms. The number of fused-ring (bicyclic) bond motifs is 1. The van der Waals surface area contributed by atoms with Gasteiger partial charge in [-0.2, -0.15) is 0 Å². The van der Waals surface area contributed by atoms with E-state index in [-0.39, 0.29) is 6.04 Å². The molecule has 23 heavy (non-hydrogen) atoms. The Morgan fingerprint density at radius 2 is 2.04 bits per heavy atom. The molecule has 2 atom stereocenters. The number of alkyl halides is 1. The Morgan fingerprint density at radius 3 is 2.87 bits per heavy atom. The Morgan fingerprint density at radius 1 is 1.17 bits per heavy atom. The van der Waals surface area contributed by atoms with Gasteiger partial charge in [0.1, 0.15) is 17.7 Å². The SMILES string of the molecule is FC1CCCC(Nc2c(-c3ccccc3)nc3cnccn23)C1. The Balaban J connectivity index is 1.77. The summed E-state index contributed by atoms with van der Waals surface area (Å²) in [4.78, 5) is 8.86. The number of aromatic nitrogens is 3. The normalized spacial score (nSPS) is 21.4. The zero-order chi connectivity index (χ0) is 15.6. The van der Waals surface area contributed by atoms with Gasteiger partial charge >= 0.3 is 0 Å². The van der Waals surface area contributed by atoms with Gasteiger partial charge in [0.05, 0.1) is 6.20 Å². The van der Waals surface area contributed by atoms with Crippen LogP contribution in [0.4, 0.5) is 10.2 Å². The maximum atomic E-state index is 13.7. The minimum absolute atomic E-state index is 0.147. The predicted octanol–water partition coefficient (Wildman–Crippen LogP) is 4.09. The number of anilines is 1. The third-order valence-electron chi connectivity index (χ3n) is 4.43. The van der Waals surface area contributed by atoms with Gasteiger partial charge in [0, 0.05) is 24.0 Å². The molecular weight excluding hydrogens is 291 g/mol. The largest absolute Gasteiger partial charge is 0.366 e. The molecule has 0 aliphatic heterocycles. The van der Waals surface area contributed by atoms with Crippen LogP contribution in [-0.4, -0.2) is 26.6 Å². The Labute approximate surface area is 134 Å². The molecule has 1 N–H and O–H groups in total. The topological polar surface area (TPSA) is 42.2 Å². The lowest BCUT2D eigenvalue weighted by Gasteiger charge is -2.26. The van der Waals surface area contributed by atoms with Crippen molar-refractivity contribution >= 4 is 11.5 Å². The average Bonchev–Trinajstić information content (AvgIpc) is 2.95. The zero-order valence-electron chi connectivity index (χ0n) is 12.8. The van der Waals surface area contributed by atoms with Gasteiger partial charge in [0.2, 0.25) is 0 Å². The van der Waals surface area contributed by atoms with Gasteiger partial charge in [-0.1, -0.05) is 30.3 Å². The van der Waals surface area contributed by atoms with Gasteiger partial charge in [-0.3, -0.25) is 9.38 Å². The van der Waals surface area contributed by atoms with E-state index in [4.69, 9.17) is 4.98 Å². The van der Waals surface area contributed by atoms with Gasteiger partial charge in [0.25, 0.3) is 0 Å². The van der Waals surface area contributed by atoms with Crippen LogP contribution in [0.15, 0.2) is 48.9 Å². The maximum absolute atomic E-state index is 13.7. The standard InChI is InChI=1S/C18H19FN4/c19-14-7-4-8-15(11-14)21-18-17(13-5-2-1-3-6-13)22-16-12-20-9-10-23(16)18/h1-3,5-6,9-10,12,14-15,21H,4,7-8,11H2. The van der Waals surface area contributed by atoms with Crippen LogP contribution in [0.25, 0.3) is 16.9 Å². The number of halogens is 1. The molecule has 2 unspecified atom stereocenters. The Bertz CT molecular complexity index is 799. The molecular formula is C18H19FN4. The minimum atomic E-state index is -0.706. The van der Waals surface area contributed by atoms with Crippen molar-refractivity contribution in [1.29, 1.82) is 0 Å². The third kappa shape index (κ3) is 2.79. The molecule has 0 spiro atoms. The number of nitrogens with one attached hydrogen (secondary N) is 1. The molecule has 1 saturated carbocycles.